The SMILES string of the molecule is O=P(O)(CNS(=O)(=O)c1cc2c(Cl)ccc(Cl)c2s1)Oc1cncc(C(F)(F)F)c1. The van der Waals surface area contributed by atoms with Crippen LogP contribution in [0.2, 0.25) is 10.0 Å². The number of hydrogen-bond acceptors (Lipinski definition) is 6. The number of aromatic nitrogens is 1. The largest absolute Gasteiger partial charge is 0.422 e. The summed E-state index contributed by atoms with van der Waals surface area (Å²) in [5.41, 5.74) is -1.19. The first-order chi connectivity index (χ1) is 13.8. The third-order valence-electron chi connectivity index (χ3n) is 3.57. The molecule has 3 rings (SSSR count). The van der Waals surface area contributed by atoms with Gasteiger partial charge in [-0.1, -0.05) is 23.2 Å². The van der Waals surface area contributed by atoms with E-state index in [4.69, 9.17) is 23.2 Å². The molecular formula is C15H10Cl2F3N2O5PS2. The van der Waals surface area contributed by atoms with Crippen LogP contribution in [0.3, 0.4) is 0 Å². The molecule has 2 N–H and O–H groups in total. The second-order valence-electron chi connectivity index (χ2n) is 5.78. The van der Waals surface area contributed by atoms with Gasteiger partial charge >= 0.3 is 13.8 Å². The van der Waals surface area contributed by atoms with E-state index < -0.39 is 41.4 Å². The van der Waals surface area contributed by atoms with Gasteiger partial charge in [0.15, 0.2) is 0 Å². The average molecular weight is 521 g/mol. The molecule has 162 valence electrons. The molecule has 0 radical (unpaired) electrons. The van der Waals surface area contributed by atoms with Gasteiger partial charge in [0.1, 0.15) is 16.2 Å². The van der Waals surface area contributed by atoms with Crippen LogP contribution in [0.1, 0.15) is 5.56 Å². The number of nitrogens with one attached hydrogen (secondary N) is 1. The second kappa shape index (κ2) is 8.27. The Balaban J connectivity index is 1.77. The summed E-state index contributed by atoms with van der Waals surface area (Å²) in [5, 5.41) is 0.919. The number of hydrogen-bond donors (Lipinski definition) is 2. The zero-order valence-electron chi connectivity index (χ0n) is 14.4. The van der Waals surface area contributed by atoms with E-state index >= 15 is 0 Å². The number of alkyl halides is 3. The van der Waals surface area contributed by atoms with Gasteiger partial charge in [0, 0.05) is 16.6 Å². The fourth-order valence-corrected chi connectivity index (χ4v) is 6.70. The Hall–Kier alpha value is -1.40. The first kappa shape index (κ1) is 23.3. The van der Waals surface area contributed by atoms with Crippen LogP contribution in [0.25, 0.3) is 10.1 Å². The Morgan fingerprint density at radius 3 is 2.50 bits per heavy atom. The monoisotopic (exact) mass is 520 g/mol. The molecular weight excluding hydrogens is 511 g/mol. The first-order valence-electron chi connectivity index (χ1n) is 7.69. The van der Waals surface area contributed by atoms with E-state index in [1.165, 1.54) is 18.2 Å². The summed E-state index contributed by atoms with van der Waals surface area (Å²) in [6, 6.07) is 4.70. The van der Waals surface area contributed by atoms with Gasteiger partial charge in [0.25, 0.3) is 10.0 Å². The lowest BCUT2D eigenvalue weighted by Crippen LogP contribution is -2.25. The summed E-state index contributed by atoms with van der Waals surface area (Å²) in [7, 11) is -8.97. The minimum atomic E-state index is -4.74. The quantitative estimate of drug-likeness (QED) is 0.437. The molecule has 1 unspecified atom stereocenters. The topological polar surface area (TPSA) is 106 Å². The van der Waals surface area contributed by atoms with Gasteiger partial charge in [0.05, 0.1) is 21.5 Å². The van der Waals surface area contributed by atoms with Crippen molar-refractivity contribution in [3.8, 4) is 5.75 Å². The third-order valence-corrected chi connectivity index (χ3v) is 8.64. The summed E-state index contributed by atoms with van der Waals surface area (Å²) >= 11 is 12.8. The Kier molecular flexibility index (Phi) is 6.41. The molecule has 1 atom stereocenters. The molecule has 0 saturated heterocycles. The zero-order chi connectivity index (χ0) is 22.3. The number of pyridine rings is 1. The predicted molar refractivity (Wildman–Crippen MR) is 107 cm³/mol. The molecule has 0 aliphatic carbocycles. The molecule has 2 heterocycles. The summed E-state index contributed by atoms with van der Waals surface area (Å²) in [5.74, 6) is -0.643. The van der Waals surface area contributed by atoms with Crippen LogP contribution in [0.5, 0.6) is 5.75 Å². The molecule has 1 aromatic carbocycles. The van der Waals surface area contributed by atoms with Crippen LogP contribution in [0.4, 0.5) is 13.2 Å². The highest BCUT2D eigenvalue weighted by Gasteiger charge is 2.32. The highest BCUT2D eigenvalue weighted by Crippen LogP contribution is 2.43. The van der Waals surface area contributed by atoms with Crippen molar-refractivity contribution < 1.29 is 35.6 Å². The van der Waals surface area contributed by atoms with Crippen LogP contribution in [-0.4, -0.2) is 24.6 Å². The minimum Gasteiger partial charge on any atom is -0.422 e. The highest BCUT2D eigenvalue weighted by atomic mass is 35.5. The second-order valence-corrected chi connectivity index (χ2v) is 11.4. The fraction of sp³-hybridized carbons (Fsp3) is 0.133. The van der Waals surface area contributed by atoms with Crippen molar-refractivity contribution in [3.05, 3.63) is 52.3 Å². The van der Waals surface area contributed by atoms with Crippen molar-refractivity contribution in [2.24, 2.45) is 0 Å². The summed E-state index contributed by atoms with van der Waals surface area (Å²) in [6.07, 6.45) is -4.53. The molecule has 0 amide bonds. The number of benzene rings is 1. The number of rotatable bonds is 6. The molecule has 7 nitrogen and oxygen atoms in total. The van der Waals surface area contributed by atoms with Crippen molar-refractivity contribution >= 4 is 62.2 Å². The van der Waals surface area contributed by atoms with Crippen molar-refractivity contribution in [1.29, 1.82) is 0 Å². The first-order valence-corrected chi connectivity index (χ1v) is 12.5. The number of sulfonamides is 1. The molecule has 0 aliphatic heterocycles. The maximum atomic E-state index is 12.7. The van der Waals surface area contributed by atoms with E-state index in [0.717, 1.165) is 17.5 Å². The normalized spacial score (nSPS) is 14.6. The molecule has 0 bridgehead atoms. The molecule has 3 aromatic rings. The average Bonchev–Trinajstić information content (AvgIpc) is 3.10. The van der Waals surface area contributed by atoms with Gasteiger partial charge in [-0.05, 0) is 24.3 Å². The van der Waals surface area contributed by atoms with Crippen LogP contribution >= 0.6 is 42.1 Å². The van der Waals surface area contributed by atoms with Crippen molar-refractivity contribution in [2.45, 2.75) is 10.4 Å². The maximum Gasteiger partial charge on any atom is 0.418 e. The van der Waals surface area contributed by atoms with Crippen LogP contribution in [-0.2, 0) is 20.8 Å². The van der Waals surface area contributed by atoms with E-state index in [1.54, 1.807) is 0 Å². The third kappa shape index (κ3) is 5.25. The molecule has 0 fully saturated rings. The molecule has 2 aromatic heterocycles. The van der Waals surface area contributed by atoms with Crippen molar-refractivity contribution in [3.63, 3.8) is 0 Å². The maximum absolute atomic E-state index is 12.7. The van der Waals surface area contributed by atoms with E-state index in [-0.39, 0.29) is 14.3 Å². The van der Waals surface area contributed by atoms with Gasteiger partial charge in [0.2, 0.25) is 0 Å². The highest BCUT2D eigenvalue weighted by molar-refractivity contribution is 7.92. The summed E-state index contributed by atoms with van der Waals surface area (Å²) < 4.78 is 81.9. The smallest absolute Gasteiger partial charge is 0.418 e. The number of halogens is 5. The minimum absolute atomic E-state index is 0.228. The standard InChI is InChI=1S/C15H10Cl2F3N2O5PS2/c16-11-1-2-12(17)14-10(11)4-13(29-14)30(25,26)22-7-28(23,24)27-9-3-8(5-21-6-9)15(18,19)20/h1-6,22H,7H2,(H,23,24). The fourth-order valence-electron chi connectivity index (χ4n) is 2.23. The Morgan fingerprint density at radius 1 is 1.20 bits per heavy atom. The van der Waals surface area contributed by atoms with Crippen molar-refractivity contribution in [2.75, 3.05) is 6.29 Å². The molecule has 0 aliphatic rings. The summed E-state index contributed by atoms with van der Waals surface area (Å²) in [6.45, 7) is 0. The molecule has 0 saturated carbocycles. The van der Waals surface area contributed by atoms with E-state index in [9.17, 15) is 31.0 Å². The van der Waals surface area contributed by atoms with Crippen LogP contribution in [0, 0.1) is 0 Å². The Labute approximate surface area is 182 Å². The summed E-state index contributed by atoms with van der Waals surface area (Å²) in [4.78, 5) is 13.2. The van der Waals surface area contributed by atoms with Crippen LogP contribution < -0.4 is 9.25 Å². The van der Waals surface area contributed by atoms with E-state index in [1.807, 2.05) is 4.72 Å². The molecule has 15 heteroatoms. The lowest BCUT2D eigenvalue weighted by molar-refractivity contribution is -0.137. The van der Waals surface area contributed by atoms with Crippen LogP contribution in [0.15, 0.2) is 40.9 Å². The molecule has 0 spiro atoms. The Morgan fingerprint density at radius 2 is 1.87 bits per heavy atom. The van der Waals surface area contributed by atoms with E-state index in [2.05, 4.69) is 9.51 Å². The number of fused-ring (bicyclic) bond motifs is 1. The molecule has 30 heavy (non-hydrogen) atoms. The number of thiophene rings is 1. The lowest BCUT2D eigenvalue weighted by atomic mass is 10.3. The zero-order valence-corrected chi connectivity index (χ0v) is 18.4. The van der Waals surface area contributed by atoms with Gasteiger partial charge in [-0.3, -0.25) is 4.98 Å². The van der Waals surface area contributed by atoms with Gasteiger partial charge in [-0.25, -0.2) is 13.0 Å². The van der Waals surface area contributed by atoms with Gasteiger partial charge in [-0.15, -0.1) is 11.3 Å². The van der Waals surface area contributed by atoms with Gasteiger partial charge in [-0.2, -0.15) is 17.9 Å². The lowest BCUT2D eigenvalue weighted by Gasteiger charge is -2.15. The number of nitrogens with zero attached hydrogens (tertiary/aromatic N) is 1. The van der Waals surface area contributed by atoms with Crippen molar-refractivity contribution in [1.82, 2.24) is 9.71 Å². The van der Waals surface area contributed by atoms with E-state index in [0.29, 0.717) is 22.3 Å². The van der Waals surface area contributed by atoms with Gasteiger partial charge < -0.3 is 9.42 Å². The Bertz CT molecular complexity index is 1230. The predicted octanol–water partition coefficient (Wildman–Crippen LogP) is 5.12.